The molecule has 1 heterocycles. The minimum Gasteiger partial charge on any atom is -0.317 e. The number of hydrogen-bond acceptors (Lipinski definition) is 3. The summed E-state index contributed by atoms with van der Waals surface area (Å²) in [4.78, 5) is 4.30. The monoisotopic (exact) mass is 210 g/mol. The number of rotatable bonds is 7. The van der Waals surface area contributed by atoms with Crippen molar-refractivity contribution >= 4 is 0 Å². The lowest BCUT2D eigenvalue weighted by atomic mass is 10.1. The molecule has 15 heavy (non-hydrogen) atoms. The Balaban J connectivity index is 2.45. The number of hydrogen-bond donors (Lipinski definition) is 1. The van der Waals surface area contributed by atoms with Crippen LogP contribution in [0.4, 0.5) is 0 Å². The van der Waals surface area contributed by atoms with Crippen molar-refractivity contribution < 1.29 is 0 Å². The molecule has 0 spiro atoms. The van der Waals surface area contributed by atoms with Crippen molar-refractivity contribution in [2.45, 2.75) is 52.1 Å². The Bertz CT molecular complexity index is 265. The van der Waals surface area contributed by atoms with E-state index in [1.54, 1.807) is 6.33 Å². The second-order valence-corrected chi connectivity index (χ2v) is 3.83. The molecule has 1 atom stereocenters. The van der Waals surface area contributed by atoms with Crippen LogP contribution in [0.15, 0.2) is 6.33 Å². The topological polar surface area (TPSA) is 42.7 Å². The van der Waals surface area contributed by atoms with Gasteiger partial charge in [-0.1, -0.05) is 13.8 Å². The van der Waals surface area contributed by atoms with Gasteiger partial charge in [0.15, 0.2) is 0 Å². The van der Waals surface area contributed by atoms with E-state index in [0.29, 0.717) is 6.04 Å². The Morgan fingerprint density at radius 3 is 2.87 bits per heavy atom. The van der Waals surface area contributed by atoms with Gasteiger partial charge in [0.25, 0.3) is 0 Å². The first-order valence-electron chi connectivity index (χ1n) is 5.85. The molecule has 0 aromatic carbocycles. The summed E-state index contributed by atoms with van der Waals surface area (Å²) in [5.74, 6) is 1.12. The number of aromatic nitrogens is 3. The molecular formula is C11H22N4. The lowest BCUT2D eigenvalue weighted by Gasteiger charge is -2.13. The van der Waals surface area contributed by atoms with Crippen molar-refractivity contribution in [3.8, 4) is 0 Å². The minimum atomic E-state index is 0.594. The van der Waals surface area contributed by atoms with Crippen LogP contribution in [0.2, 0.25) is 0 Å². The molecule has 1 unspecified atom stereocenters. The van der Waals surface area contributed by atoms with Crippen LogP contribution in [0.5, 0.6) is 0 Å². The number of nitrogens with zero attached hydrogens (tertiary/aromatic N) is 3. The Morgan fingerprint density at radius 1 is 1.47 bits per heavy atom. The SMILES string of the molecule is CCCn1ncnc1CCC(CC)NC. The predicted octanol–water partition coefficient (Wildman–Crippen LogP) is 1.62. The summed E-state index contributed by atoms with van der Waals surface area (Å²) in [7, 11) is 2.02. The van der Waals surface area contributed by atoms with Gasteiger partial charge in [-0.05, 0) is 26.3 Å². The van der Waals surface area contributed by atoms with E-state index < -0.39 is 0 Å². The molecule has 4 nitrogen and oxygen atoms in total. The van der Waals surface area contributed by atoms with Crippen molar-refractivity contribution in [3.63, 3.8) is 0 Å². The third-order valence-corrected chi connectivity index (χ3v) is 2.75. The highest BCUT2D eigenvalue weighted by Crippen LogP contribution is 2.05. The molecule has 0 aliphatic carbocycles. The van der Waals surface area contributed by atoms with Crippen LogP contribution in [-0.4, -0.2) is 27.9 Å². The van der Waals surface area contributed by atoms with E-state index in [1.807, 2.05) is 11.7 Å². The van der Waals surface area contributed by atoms with Crippen LogP contribution < -0.4 is 5.32 Å². The van der Waals surface area contributed by atoms with E-state index >= 15 is 0 Å². The third kappa shape index (κ3) is 3.63. The van der Waals surface area contributed by atoms with Crippen LogP contribution in [0, 0.1) is 0 Å². The first-order valence-corrected chi connectivity index (χ1v) is 5.85. The molecular weight excluding hydrogens is 188 g/mol. The molecule has 0 saturated heterocycles. The van der Waals surface area contributed by atoms with Crippen molar-refractivity contribution in [2.24, 2.45) is 0 Å². The number of aryl methyl sites for hydroxylation is 2. The van der Waals surface area contributed by atoms with Gasteiger partial charge in [0.2, 0.25) is 0 Å². The molecule has 0 bridgehead atoms. The average Bonchev–Trinajstić information content (AvgIpc) is 2.68. The quantitative estimate of drug-likeness (QED) is 0.743. The Hall–Kier alpha value is -0.900. The van der Waals surface area contributed by atoms with Crippen LogP contribution in [-0.2, 0) is 13.0 Å². The molecule has 0 radical (unpaired) electrons. The lowest BCUT2D eigenvalue weighted by Crippen LogP contribution is -2.25. The van der Waals surface area contributed by atoms with Gasteiger partial charge in [-0.25, -0.2) is 4.98 Å². The van der Waals surface area contributed by atoms with Crippen molar-refractivity contribution in [2.75, 3.05) is 7.05 Å². The van der Waals surface area contributed by atoms with Crippen molar-refractivity contribution in [1.82, 2.24) is 20.1 Å². The highest BCUT2D eigenvalue weighted by atomic mass is 15.3. The molecule has 0 amide bonds. The molecule has 0 aliphatic heterocycles. The summed E-state index contributed by atoms with van der Waals surface area (Å²) < 4.78 is 2.02. The normalized spacial score (nSPS) is 13.0. The van der Waals surface area contributed by atoms with Gasteiger partial charge >= 0.3 is 0 Å². The van der Waals surface area contributed by atoms with E-state index in [-0.39, 0.29) is 0 Å². The molecule has 0 saturated carbocycles. The van der Waals surface area contributed by atoms with E-state index in [9.17, 15) is 0 Å². The van der Waals surface area contributed by atoms with Crippen LogP contribution >= 0.6 is 0 Å². The maximum atomic E-state index is 4.30. The van der Waals surface area contributed by atoms with Gasteiger partial charge in [0.05, 0.1) is 0 Å². The minimum absolute atomic E-state index is 0.594. The smallest absolute Gasteiger partial charge is 0.138 e. The maximum absolute atomic E-state index is 4.30. The Labute approximate surface area is 92.1 Å². The van der Waals surface area contributed by atoms with E-state index in [0.717, 1.165) is 31.6 Å². The fraction of sp³-hybridized carbons (Fsp3) is 0.818. The molecule has 1 N–H and O–H groups in total. The lowest BCUT2D eigenvalue weighted by molar-refractivity contribution is 0.485. The van der Waals surface area contributed by atoms with Crippen molar-refractivity contribution in [3.05, 3.63) is 12.2 Å². The molecule has 1 aromatic rings. The zero-order valence-electron chi connectivity index (χ0n) is 10.0. The molecule has 1 rings (SSSR count). The first kappa shape index (κ1) is 12.2. The highest BCUT2D eigenvalue weighted by molar-refractivity contribution is 4.86. The standard InChI is InChI=1S/C11H22N4/c1-4-8-15-11(13-9-14-15)7-6-10(5-2)12-3/h9-10,12H,4-8H2,1-3H3. The second-order valence-electron chi connectivity index (χ2n) is 3.83. The van der Waals surface area contributed by atoms with Gasteiger partial charge in [0, 0.05) is 19.0 Å². The Morgan fingerprint density at radius 2 is 2.27 bits per heavy atom. The number of nitrogens with one attached hydrogen (secondary N) is 1. The van der Waals surface area contributed by atoms with Gasteiger partial charge in [-0.15, -0.1) is 0 Å². The second kappa shape index (κ2) is 6.56. The van der Waals surface area contributed by atoms with E-state index in [1.165, 1.54) is 6.42 Å². The van der Waals surface area contributed by atoms with Gasteiger partial charge in [-0.2, -0.15) is 5.10 Å². The van der Waals surface area contributed by atoms with E-state index in [4.69, 9.17) is 0 Å². The Kier molecular flexibility index (Phi) is 5.32. The fourth-order valence-electron chi connectivity index (χ4n) is 1.74. The van der Waals surface area contributed by atoms with Gasteiger partial charge in [-0.3, -0.25) is 4.68 Å². The van der Waals surface area contributed by atoms with E-state index in [2.05, 4.69) is 29.2 Å². The van der Waals surface area contributed by atoms with Crippen LogP contribution in [0.25, 0.3) is 0 Å². The fourth-order valence-corrected chi connectivity index (χ4v) is 1.74. The van der Waals surface area contributed by atoms with Crippen LogP contribution in [0.1, 0.15) is 38.9 Å². The summed E-state index contributed by atoms with van der Waals surface area (Å²) >= 11 is 0. The molecule has 0 aliphatic rings. The third-order valence-electron chi connectivity index (χ3n) is 2.75. The van der Waals surface area contributed by atoms with Crippen molar-refractivity contribution in [1.29, 1.82) is 0 Å². The highest BCUT2D eigenvalue weighted by Gasteiger charge is 2.07. The maximum Gasteiger partial charge on any atom is 0.138 e. The zero-order valence-corrected chi connectivity index (χ0v) is 10.0. The van der Waals surface area contributed by atoms with Crippen LogP contribution in [0.3, 0.4) is 0 Å². The summed E-state index contributed by atoms with van der Waals surface area (Å²) in [6.07, 6.45) is 6.08. The first-order chi connectivity index (χ1) is 7.31. The summed E-state index contributed by atoms with van der Waals surface area (Å²) in [5, 5.41) is 7.53. The van der Waals surface area contributed by atoms with Gasteiger partial charge in [0.1, 0.15) is 12.2 Å². The summed E-state index contributed by atoms with van der Waals surface area (Å²) in [6, 6.07) is 0.594. The molecule has 86 valence electrons. The average molecular weight is 210 g/mol. The van der Waals surface area contributed by atoms with Gasteiger partial charge < -0.3 is 5.32 Å². The summed E-state index contributed by atoms with van der Waals surface area (Å²) in [5.41, 5.74) is 0. The summed E-state index contributed by atoms with van der Waals surface area (Å²) in [6.45, 7) is 5.34. The molecule has 0 fully saturated rings. The molecule has 1 aromatic heterocycles. The molecule has 4 heteroatoms. The largest absolute Gasteiger partial charge is 0.317 e. The predicted molar refractivity (Wildman–Crippen MR) is 61.8 cm³/mol. The zero-order chi connectivity index (χ0) is 11.1.